The Kier molecular flexibility index (Phi) is 6.63. The van der Waals surface area contributed by atoms with E-state index in [1.165, 1.54) is 12.5 Å². The van der Waals surface area contributed by atoms with Crippen LogP contribution < -0.4 is 5.63 Å². The van der Waals surface area contributed by atoms with E-state index in [1.54, 1.807) is 0 Å². The normalized spacial score (nSPS) is 17.8. The van der Waals surface area contributed by atoms with Gasteiger partial charge in [-0.1, -0.05) is 6.92 Å². The van der Waals surface area contributed by atoms with Crippen LogP contribution in [0.2, 0.25) is 0 Å². The highest BCUT2D eigenvalue weighted by Crippen LogP contribution is 2.34. The minimum atomic E-state index is -0.420. The predicted molar refractivity (Wildman–Crippen MR) is 112 cm³/mol. The molecule has 0 amide bonds. The number of ether oxygens (including phenoxy) is 1. The molecule has 2 heterocycles. The molecule has 1 saturated heterocycles. The molecular formula is C23H31NO5. The van der Waals surface area contributed by atoms with Gasteiger partial charge in [-0.2, -0.15) is 0 Å². The van der Waals surface area contributed by atoms with Crippen molar-refractivity contribution in [3.63, 3.8) is 0 Å². The van der Waals surface area contributed by atoms with Crippen LogP contribution in [-0.2, 0) is 22.5 Å². The van der Waals surface area contributed by atoms with E-state index in [0.717, 1.165) is 30.5 Å². The van der Waals surface area contributed by atoms with Gasteiger partial charge >= 0.3 is 11.6 Å². The second-order valence-electron chi connectivity index (χ2n) is 8.51. The Balaban J connectivity index is 1.98. The Morgan fingerprint density at radius 1 is 1.38 bits per heavy atom. The molecule has 1 atom stereocenters. The van der Waals surface area contributed by atoms with Crippen LogP contribution in [0.4, 0.5) is 0 Å². The van der Waals surface area contributed by atoms with Crippen LogP contribution in [0.25, 0.3) is 11.0 Å². The molecule has 2 aromatic rings. The zero-order valence-electron chi connectivity index (χ0n) is 17.8. The van der Waals surface area contributed by atoms with Crippen molar-refractivity contribution in [1.29, 1.82) is 0 Å². The van der Waals surface area contributed by atoms with Crippen LogP contribution in [0.15, 0.2) is 21.3 Å². The molecular weight excluding hydrogens is 370 g/mol. The van der Waals surface area contributed by atoms with E-state index in [0.29, 0.717) is 35.6 Å². The van der Waals surface area contributed by atoms with Gasteiger partial charge in [0.2, 0.25) is 0 Å². The van der Waals surface area contributed by atoms with Gasteiger partial charge in [0, 0.05) is 31.0 Å². The lowest BCUT2D eigenvalue weighted by atomic mass is 9.96. The molecule has 158 valence electrons. The predicted octanol–water partition coefficient (Wildman–Crippen LogP) is 3.92. The number of carbonyl (C=O) groups is 1. The van der Waals surface area contributed by atoms with Crippen molar-refractivity contribution in [2.75, 3.05) is 13.1 Å². The second kappa shape index (κ2) is 8.99. The van der Waals surface area contributed by atoms with Gasteiger partial charge in [0.15, 0.2) is 0 Å². The highest BCUT2D eigenvalue weighted by molar-refractivity contribution is 5.86. The topological polar surface area (TPSA) is 80.0 Å². The SMILES string of the molecule is Cc1cc(=O)oc2c(CN3CCCC(C)C3)c(O)c(CCC(=O)OC(C)C)cc12. The van der Waals surface area contributed by atoms with Gasteiger partial charge in [-0.25, -0.2) is 4.79 Å². The van der Waals surface area contributed by atoms with Crippen molar-refractivity contribution in [2.45, 2.75) is 66.0 Å². The van der Waals surface area contributed by atoms with Gasteiger partial charge < -0.3 is 14.3 Å². The number of fused-ring (bicyclic) bond motifs is 1. The van der Waals surface area contributed by atoms with Crippen molar-refractivity contribution in [2.24, 2.45) is 5.92 Å². The van der Waals surface area contributed by atoms with Crippen molar-refractivity contribution in [3.8, 4) is 5.75 Å². The molecule has 29 heavy (non-hydrogen) atoms. The molecule has 0 radical (unpaired) electrons. The summed E-state index contributed by atoms with van der Waals surface area (Å²) < 4.78 is 10.7. The number of piperidine rings is 1. The molecule has 0 aliphatic carbocycles. The maximum absolute atomic E-state index is 12.0. The van der Waals surface area contributed by atoms with Crippen LogP contribution in [0.5, 0.6) is 5.75 Å². The number of nitrogens with zero attached hydrogens (tertiary/aromatic N) is 1. The molecule has 1 aromatic carbocycles. The Bertz CT molecular complexity index is 946. The Morgan fingerprint density at radius 3 is 2.83 bits per heavy atom. The van der Waals surface area contributed by atoms with Crippen LogP contribution in [0, 0.1) is 12.8 Å². The van der Waals surface area contributed by atoms with Gasteiger partial charge in [0.1, 0.15) is 11.3 Å². The van der Waals surface area contributed by atoms with Crippen molar-refractivity contribution < 1.29 is 19.1 Å². The van der Waals surface area contributed by atoms with E-state index >= 15 is 0 Å². The number of esters is 1. The number of hydrogen-bond donors (Lipinski definition) is 1. The Hall–Kier alpha value is -2.34. The summed E-state index contributed by atoms with van der Waals surface area (Å²) in [5.74, 6) is 0.420. The summed E-state index contributed by atoms with van der Waals surface area (Å²) >= 11 is 0. The summed E-state index contributed by atoms with van der Waals surface area (Å²) in [5, 5.41) is 11.8. The first-order valence-electron chi connectivity index (χ1n) is 10.4. The summed E-state index contributed by atoms with van der Waals surface area (Å²) in [6, 6.07) is 3.29. The van der Waals surface area contributed by atoms with Crippen LogP contribution in [0.3, 0.4) is 0 Å². The molecule has 1 aliphatic heterocycles. The van der Waals surface area contributed by atoms with Gasteiger partial charge in [-0.3, -0.25) is 9.69 Å². The third-order valence-electron chi connectivity index (χ3n) is 5.48. The molecule has 6 heteroatoms. The largest absolute Gasteiger partial charge is 0.507 e. The highest BCUT2D eigenvalue weighted by Gasteiger charge is 2.23. The minimum Gasteiger partial charge on any atom is -0.507 e. The van der Waals surface area contributed by atoms with Crippen LogP contribution in [-0.4, -0.2) is 35.2 Å². The molecule has 1 N–H and O–H groups in total. The first-order valence-corrected chi connectivity index (χ1v) is 10.4. The molecule has 1 aromatic heterocycles. The number of aromatic hydroxyl groups is 1. The summed E-state index contributed by atoms with van der Waals surface area (Å²) in [6.07, 6.45) is 2.71. The molecule has 0 saturated carbocycles. The number of phenols is 1. The lowest BCUT2D eigenvalue weighted by Gasteiger charge is -2.31. The summed E-state index contributed by atoms with van der Waals surface area (Å²) in [5.41, 5.74) is 2.13. The third-order valence-corrected chi connectivity index (χ3v) is 5.48. The molecule has 1 fully saturated rings. The first-order chi connectivity index (χ1) is 13.7. The van der Waals surface area contributed by atoms with E-state index in [4.69, 9.17) is 9.15 Å². The fourth-order valence-electron chi connectivity index (χ4n) is 4.12. The molecule has 0 bridgehead atoms. The number of rotatable bonds is 6. The molecule has 0 spiro atoms. The number of carbonyl (C=O) groups excluding carboxylic acids is 1. The minimum absolute atomic E-state index is 0.113. The zero-order valence-corrected chi connectivity index (χ0v) is 17.8. The highest BCUT2D eigenvalue weighted by atomic mass is 16.5. The number of hydrogen-bond acceptors (Lipinski definition) is 6. The van der Waals surface area contributed by atoms with Gasteiger partial charge in [-0.05, 0) is 69.7 Å². The number of phenolic OH excluding ortho intramolecular Hbond substituents is 1. The number of benzene rings is 1. The molecule has 1 aliphatic rings. The van der Waals surface area contributed by atoms with Crippen molar-refractivity contribution in [3.05, 3.63) is 39.2 Å². The monoisotopic (exact) mass is 401 g/mol. The molecule has 6 nitrogen and oxygen atoms in total. The maximum Gasteiger partial charge on any atom is 0.336 e. The fraction of sp³-hybridized carbons (Fsp3) is 0.565. The molecule has 1 unspecified atom stereocenters. The Morgan fingerprint density at radius 2 is 2.14 bits per heavy atom. The smallest absolute Gasteiger partial charge is 0.336 e. The first kappa shape index (κ1) is 21.4. The van der Waals surface area contributed by atoms with Crippen molar-refractivity contribution in [1.82, 2.24) is 4.90 Å². The van der Waals surface area contributed by atoms with Gasteiger partial charge in [0.25, 0.3) is 0 Å². The summed E-state index contributed by atoms with van der Waals surface area (Å²) in [4.78, 5) is 26.3. The molecule has 3 rings (SSSR count). The quantitative estimate of drug-likeness (QED) is 0.584. The summed E-state index contributed by atoms with van der Waals surface area (Å²) in [7, 11) is 0. The number of likely N-dealkylation sites (tertiary alicyclic amines) is 1. The lowest BCUT2D eigenvalue weighted by Crippen LogP contribution is -2.33. The zero-order chi connectivity index (χ0) is 21.1. The second-order valence-corrected chi connectivity index (χ2v) is 8.51. The number of aryl methyl sites for hydroxylation is 2. The Labute approximate surface area is 171 Å². The van der Waals surface area contributed by atoms with E-state index in [2.05, 4.69) is 11.8 Å². The van der Waals surface area contributed by atoms with E-state index in [-0.39, 0.29) is 24.2 Å². The van der Waals surface area contributed by atoms with E-state index in [9.17, 15) is 14.7 Å². The summed E-state index contributed by atoms with van der Waals surface area (Å²) in [6.45, 7) is 10.1. The maximum atomic E-state index is 12.0. The van der Waals surface area contributed by atoms with Crippen LogP contribution in [0.1, 0.15) is 56.7 Å². The van der Waals surface area contributed by atoms with E-state index < -0.39 is 5.63 Å². The average Bonchev–Trinajstić information content (AvgIpc) is 2.62. The van der Waals surface area contributed by atoms with Crippen molar-refractivity contribution >= 4 is 16.9 Å². The van der Waals surface area contributed by atoms with Gasteiger partial charge in [0.05, 0.1) is 11.7 Å². The fourth-order valence-corrected chi connectivity index (χ4v) is 4.12. The van der Waals surface area contributed by atoms with Gasteiger partial charge in [-0.15, -0.1) is 0 Å². The van der Waals surface area contributed by atoms with E-state index in [1.807, 2.05) is 26.8 Å². The lowest BCUT2D eigenvalue weighted by molar-refractivity contribution is -0.147. The standard InChI is InChI=1S/C23H31NO5/c1-14(2)28-20(25)8-7-17-11-18-16(4)10-21(26)29-23(18)19(22(17)27)13-24-9-5-6-15(3)12-24/h10-11,14-15,27H,5-9,12-13H2,1-4H3. The third kappa shape index (κ3) is 5.18. The van der Waals surface area contributed by atoms with Crippen LogP contribution >= 0.6 is 0 Å². The average molecular weight is 402 g/mol.